The van der Waals surface area contributed by atoms with E-state index in [1.165, 1.54) is 12.1 Å². The Balaban J connectivity index is 2.60. The van der Waals surface area contributed by atoms with Gasteiger partial charge in [-0.05, 0) is 31.3 Å². The van der Waals surface area contributed by atoms with E-state index in [0.29, 0.717) is 12.4 Å². The molecule has 18 heavy (non-hydrogen) atoms. The Bertz CT molecular complexity index is 371. The average molecular weight is 261 g/mol. The van der Waals surface area contributed by atoms with Gasteiger partial charge in [0.1, 0.15) is 5.75 Å². The summed E-state index contributed by atoms with van der Waals surface area (Å²) in [5.74, 6) is 0.451. The Morgan fingerprint density at radius 2 is 1.67 bits per heavy atom. The highest BCUT2D eigenvalue weighted by molar-refractivity contribution is 5.28. The molecule has 1 N–H and O–H groups in total. The quantitative estimate of drug-likeness (QED) is 0.877. The summed E-state index contributed by atoms with van der Waals surface area (Å²) in [4.78, 5) is 0. The van der Waals surface area contributed by atoms with E-state index in [1.54, 1.807) is 0 Å². The van der Waals surface area contributed by atoms with E-state index >= 15 is 0 Å². The topological polar surface area (TPSA) is 21.3 Å². The first kappa shape index (κ1) is 14.8. The van der Waals surface area contributed by atoms with Crippen molar-refractivity contribution in [3.63, 3.8) is 0 Å². The number of rotatable bonds is 5. The molecule has 2 nitrogen and oxygen atoms in total. The van der Waals surface area contributed by atoms with Crippen molar-refractivity contribution in [2.75, 3.05) is 20.2 Å². The summed E-state index contributed by atoms with van der Waals surface area (Å²) in [6, 6.07) is 4.75. The fourth-order valence-electron chi connectivity index (χ4n) is 1.55. The van der Waals surface area contributed by atoms with E-state index in [4.69, 9.17) is 4.74 Å². The van der Waals surface area contributed by atoms with Gasteiger partial charge in [0.25, 0.3) is 0 Å². The van der Waals surface area contributed by atoms with Crippen LogP contribution in [0.2, 0.25) is 0 Å². The molecule has 0 saturated heterocycles. The zero-order chi connectivity index (χ0) is 13.8. The standard InChI is InChI=1S/C13H18F3NO/c1-12(2,8-17-3)9-18-11-6-4-10(5-7-11)13(14,15)16/h4-7,17H,8-9H2,1-3H3. The molecular formula is C13H18F3NO. The van der Waals surface area contributed by atoms with Gasteiger partial charge >= 0.3 is 6.18 Å². The molecule has 0 aliphatic carbocycles. The number of ether oxygens (including phenoxy) is 1. The molecule has 0 saturated carbocycles. The maximum absolute atomic E-state index is 12.3. The predicted octanol–water partition coefficient (Wildman–Crippen LogP) is 3.33. The van der Waals surface area contributed by atoms with Gasteiger partial charge in [-0.2, -0.15) is 13.2 Å². The largest absolute Gasteiger partial charge is 0.493 e. The Hall–Kier alpha value is -1.23. The highest BCUT2D eigenvalue weighted by Crippen LogP contribution is 2.30. The number of hydrogen-bond acceptors (Lipinski definition) is 2. The van der Waals surface area contributed by atoms with E-state index in [2.05, 4.69) is 5.32 Å². The lowest BCUT2D eigenvalue weighted by Crippen LogP contribution is -2.32. The monoisotopic (exact) mass is 261 g/mol. The SMILES string of the molecule is CNCC(C)(C)COc1ccc(C(F)(F)F)cc1. The molecule has 1 aromatic carbocycles. The lowest BCUT2D eigenvalue weighted by molar-refractivity contribution is -0.137. The van der Waals surface area contributed by atoms with Gasteiger partial charge in [-0.15, -0.1) is 0 Å². The van der Waals surface area contributed by atoms with Gasteiger partial charge in [0.2, 0.25) is 0 Å². The van der Waals surface area contributed by atoms with Crippen LogP contribution in [0.4, 0.5) is 13.2 Å². The van der Waals surface area contributed by atoms with Crippen LogP contribution in [0, 0.1) is 5.41 Å². The molecule has 102 valence electrons. The summed E-state index contributed by atoms with van der Waals surface area (Å²) in [5.41, 5.74) is -0.735. The summed E-state index contributed by atoms with van der Waals surface area (Å²) >= 11 is 0. The highest BCUT2D eigenvalue weighted by atomic mass is 19.4. The summed E-state index contributed by atoms with van der Waals surface area (Å²) in [7, 11) is 1.85. The molecule has 0 atom stereocenters. The van der Waals surface area contributed by atoms with Gasteiger partial charge in [-0.3, -0.25) is 0 Å². The van der Waals surface area contributed by atoms with Crippen LogP contribution in [-0.2, 0) is 6.18 Å². The van der Waals surface area contributed by atoms with Crippen molar-refractivity contribution in [3.8, 4) is 5.75 Å². The molecule has 0 radical (unpaired) electrons. The molecule has 5 heteroatoms. The van der Waals surface area contributed by atoms with Gasteiger partial charge in [0.05, 0.1) is 12.2 Å². The predicted molar refractivity (Wildman–Crippen MR) is 64.6 cm³/mol. The number of halogens is 3. The van der Waals surface area contributed by atoms with Crippen molar-refractivity contribution in [2.24, 2.45) is 5.41 Å². The normalized spacial score (nSPS) is 12.6. The fourth-order valence-corrected chi connectivity index (χ4v) is 1.55. The first-order valence-corrected chi connectivity index (χ1v) is 5.69. The summed E-state index contributed by atoms with van der Waals surface area (Å²) in [5, 5.41) is 3.04. The third-order valence-electron chi connectivity index (χ3n) is 2.47. The van der Waals surface area contributed by atoms with E-state index in [-0.39, 0.29) is 5.41 Å². The minimum absolute atomic E-state index is 0.0720. The molecule has 0 unspecified atom stereocenters. The second kappa shape index (κ2) is 5.61. The second-order valence-corrected chi connectivity index (χ2v) is 5.01. The molecule has 0 amide bonds. The summed E-state index contributed by atoms with van der Waals surface area (Å²) in [6.45, 7) is 5.26. The van der Waals surface area contributed by atoms with Crippen LogP contribution >= 0.6 is 0 Å². The zero-order valence-corrected chi connectivity index (χ0v) is 10.8. The van der Waals surface area contributed by atoms with Gasteiger partial charge in [-0.1, -0.05) is 13.8 Å². The minimum atomic E-state index is -4.30. The van der Waals surface area contributed by atoms with Crippen LogP contribution < -0.4 is 10.1 Å². The summed E-state index contributed by atoms with van der Waals surface area (Å²) < 4.78 is 42.5. The number of nitrogens with one attached hydrogen (secondary N) is 1. The van der Waals surface area contributed by atoms with Gasteiger partial charge in [-0.25, -0.2) is 0 Å². The van der Waals surface area contributed by atoms with Crippen molar-refractivity contribution < 1.29 is 17.9 Å². The first-order valence-electron chi connectivity index (χ1n) is 5.69. The van der Waals surface area contributed by atoms with Crippen LogP contribution in [0.3, 0.4) is 0 Å². The third kappa shape index (κ3) is 4.56. The number of alkyl halides is 3. The van der Waals surface area contributed by atoms with Crippen molar-refractivity contribution in [1.29, 1.82) is 0 Å². The molecule has 0 heterocycles. The van der Waals surface area contributed by atoms with Gasteiger partial charge in [0, 0.05) is 12.0 Å². The van der Waals surface area contributed by atoms with Gasteiger partial charge in [0.15, 0.2) is 0 Å². The number of benzene rings is 1. The van der Waals surface area contributed by atoms with Crippen LogP contribution in [-0.4, -0.2) is 20.2 Å². The van der Waals surface area contributed by atoms with E-state index < -0.39 is 11.7 Å². The molecule has 1 rings (SSSR count). The first-order chi connectivity index (χ1) is 8.24. The molecule has 0 aliphatic rings. The zero-order valence-electron chi connectivity index (χ0n) is 10.8. The average Bonchev–Trinajstić information content (AvgIpc) is 2.26. The molecule has 0 aromatic heterocycles. The highest BCUT2D eigenvalue weighted by Gasteiger charge is 2.30. The van der Waals surface area contributed by atoms with Crippen molar-refractivity contribution >= 4 is 0 Å². The lowest BCUT2D eigenvalue weighted by Gasteiger charge is -2.24. The van der Waals surface area contributed by atoms with Crippen LogP contribution in [0.25, 0.3) is 0 Å². The Kier molecular flexibility index (Phi) is 4.62. The Morgan fingerprint density at radius 3 is 2.11 bits per heavy atom. The summed E-state index contributed by atoms with van der Waals surface area (Å²) in [6.07, 6.45) is -4.30. The molecule has 0 bridgehead atoms. The lowest BCUT2D eigenvalue weighted by atomic mass is 9.95. The molecule has 1 aromatic rings. The second-order valence-electron chi connectivity index (χ2n) is 5.01. The molecular weight excluding hydrogens is 243 g/mol. The van der Waals surface area contributed by atoms with E-state index in [9.17, 15) is 13.2 Å². The molecule has 0 spiro atoms. The smallest absolute Gasteiger partial charge is 0.416 e. The minimum Gasteiger partial charge on any atom is -0.493 e. The van der Waals surface area contributed by atoms with E-state index in [1.807, 2.05) is 20.9 Å². The maximum atomic E-state index is 12.3. The molecule has 0 fully saturated rings. The third-order valence-corrected chi connectivity index (χ3v) is 2.47. The van der Waals surface area contributed by atoms with Crippen molar-refractivity contribution in [2.45, 2.75) is 20.0 Å². The van der Waals surface area contributed by atoms with Crippen molar-refractivity contribution in [1.82, 2.24) is 5.32 Å². The van der Waals surface area contributed by atoms with E-state index in [0.717, 1.165) is 18.7 Å². The van der Waals surface area contributed by atoms with Gasteiger partial charge < -0.3 is 10.1 Å². The number of hydrogen-bond donors (Lipinski definition) is 1. The van der Waals surface area contributed by atoms with Crippen LogP contribution in [0.1, 0.15) is 19.4 Å². The van der Waals surface area contributed by atoms with Crippen molar-refractivity contribution in [3.05, 3.63) is 29.8 Å². The fraction of sp³-hybridized carbons (Fsp3) is 0.538. The van der Waals surface area contributed by atoms with Crippen LogP contribution in [0.15, 0.2) is 24.3 Å². The van der Waals surface area contributed by atoms with Crippen LogP contribution in [0.5, 0.6) is 5.75 Å². The Labute approximate surface area is 105 Å². The molecule has 0 aliphatic heterocycles. The Morgan fingerprint density at radius 1 is 1.11 bits per heavy atom. The maximum Gasteiger partial charge on any atom is 0.416 e.